The van der Waals surface area contributed by atoms with Crippen LogP contribution >= 0.6 is 27.5 Å². The number of nitrogens with zero attached hydrogens (tertiary/aromatic N) is 1. The van der Waals surface area contributed by atoms with Crippen molar-refractivity contribution in [2.24, 2.45) is 0 Å². The summed E-state index contributed by atoms with van der Waals surface area (Å²) in [6.45, 7) is 1.78. The van der Waals surface area contributed by atoms with Crippen LogP contribution in [0.2, 0.25) is 5.02 Å². The van der Waals surface area contributed by atoms with Gasteiger partial charge in [-0.15, -0.1) is 0 Å². The third-order valence-corrected chi connectivity index (χ3v) is 4.35. The molecule has 0 bridgehead atoms. The predicted molar refractivity (Wildman–Crippen MR) is 77.9 cm³/mol. The van der Waals surface area contributed by atoms with Crippen LogP contribution in [0.15, 0.2) is 18.2 Å². The second-order valence-corrected chi connectivity index (χ2v) is 6.06. The second kappa shape index (κ2) is 6.88. The van der Waals surface area contributed by atoms with Crippen molar-refractivity contribution in [3.8, 4) is 0 Å². The first kappa shape index (κ1) is 14.3. The van der Waals surface area contributed by atoms with Crippen molar-refractivity contribution in [1.29, 1.82) is 0 Å². The lowest BCUT2D eigenvalue weighted by molar-refractivity contribution is 0.231. The molecule has 0 aliphatic carbocycles. The fourth-order valence-corrected chi connectivity index (χ4v) is 3.09. The molecule has 2 rings (SSSR count). The minimum atomic E-state index is -0.186. The van der Waals surface area contributed by atoms with E-state index in [0.29, 0.717) is 17.6 Å². The molecule has 0 radical (unpaired) electrons. The van der Waals surface area contributed by atoms with Crippen LogP contribution < -0.4 is 0 Å². The molecule has 1 nitrogen and oxygen atoms in total. The van der Waals surface area contributed by atoms with Gasteiger partial charge in [0.25, 0.3) is 0 Å². The van der Waals surface area contributed by atoms with Gasteiger partial charge in [-0.3, -0.25) is 4.90 Å². The van der Waals surface area contributed by atoms with Crippen molar-refractivity contribution >= 4 is 27.5 Å². The molecule has 0 aromatic heterocycles. The molecule has 0 N–H and O–H groups in total. The number of rotatable bonds is 5. The van der Waals surface area contributed by atoms with Crippen molar-refractivity contribution in [2.45, 2.75) is 38.3 Å². The Morgan fingerprint density at radius 2 is 2.28 bits per heavy atom. The number of alkyl halides is 1. The zero-order valence-corrected chi connectivity index (χ0v) is 12.7. The van der Waals surface area contributed by atoms with E-state index in [4.69, 9.17) is 11.6 Å². The Morgan fingerprint density at radius 3 is 3.00 bits per heavy atom. The van der Waals surface area contributed by atoms with E-state index in [9.17, 15) is 4.39 Å². The van der Waals surface area contributed by atoms with E-state index in [-0.39, 0.29) is 5.82 Å². The predicted octanol–water partition coefficient (Wildman–Crippen LogP) is 4.62. The first-order valence-corrected chi connectivity index (χ1v) is 7.94. The maximum absolute atomic E-state index is 13.8. The number of hydrogen-bond donors (Lipinski definition) is 0. The van der Waals surface area contributed by atoms with Crippen molar-refractivity contribution < 1.29 is 4.39 Å². The summed E-state index contributed by atoms with van der Waals surface area (Å²) < 4.78 is 13.8. The van der Waals surface area contributed by atoms with Gasteiger partial charge >= 0.3 is 0 Å². The number of hydrogen-bond acceptors (Lipinski definition) is 1. The second-order valence-electron chi connectivity index (χ2n) is 4.83. The van der Waals surface area contributed by atoms with E-state index in [1.165, 1.54) is 31.7 Å². The summed E-state index contributed by atoms with van der Waals surface area (Å²) in [4.78, 5) is 2.40. The van der Waals surface area contributed by atoms with Crippen LogP contribution in [0, 0.1) is 5.82 Å². The Balaban J connectivity index is 1.99. The smallest absolute Gasteiger partial charge is 0.129 e. The van der Waals surface area contributed by atoms with E-state index in [1.807, 2.05) is 0 Å². The fraction of sp³-hybridized carbons (Fsp3) is 0.571. The fourth-order valence-electron chi connectivity index (χ4n) is 2.61. The molecule has 100 valence electrons. The van der Waals surface area contributed by atoms with E-state index < -0.39 is 0 Å². The molecule has 1 fully saturated rings. The maximum Gasteiger partial charge on any atom is 0.129 e. The van der Waals surface area contributed by atoms with Gasteiger partial charge in [0.05, 0.1) is 0 Å². The van der Waals surface area contributed by atoms with Gasteiger partial charge in [-0.25, -0.2) is 4.39 Å². The minimum absolute atomic E-state index is 0.186. The van der Waals surface area contributed by atoms with Crippen molar-refractivity contribution in [1.82, 2.24) is 4.90 Å². The third kappa shape index (κ3) is 3.69. The van der Waals surface area contributed by atoms with E-state index in [0.717, 1.165) is 17.4 Å². The normalized spacial score (nSPS) is 20.5. The Bertz CT molecular complexity index is 399. The van der Waals surface area contributed by atoms with Gasteiger partial charge in [0.1, 0.15) is 5.82 Å². The van der Waals surface area contributed by atoms with Gasteiger partial charge in [0, 0.05) is 28.5 Å². The summed E-state index contributed by atoms with van der Waals surface area (Å²) >= 11 is 9.24. The average molecular weight is 335 g/mol. The zero-order chi connectivity index (χ0) is 13.0. The van der Waals surface area contributed by atoms with Crippen molar-refractivity contribution in [3.63, 3.8) is 0 Å². The highest BCUT2D eigenvalue weighted by Crippen LogP contribution is 2.25. The van der Waals surface area contributed by atoms with Crippen LogP contribution in [0.1, 0.15) is 31.2 Å². The molecule has 1 aromatic carbocycles. The van der Waals surface area contributed by atoms with E-state index in [2.05, 4.69) is 20.8 Å². The standard InChI is InChI=1S/C14H18BrClFN/c15-7-1-3-13-4-2-8-18(13)10-11-5-6-12(16)9-14(11)17/h5-6,9,13H,1-4,7-8,10H2. The van der Waals surface area contributed by atoms with Gasteiger partial charge < -0.3 is 0 Å². The molecule has 0 saturated carbocycles. The zero-order valence-electron chi connectivity index (χ0n) is 10.3. The minimum Gasteiger partial charge on any atom is -0.296 e. The number of likely N-dealkylation sites (tertiary alicyclic amines) is 1. The van der Waals surface area contributed by atoms with Crippen molar-refractivity contribution in [2.75, 3.05) is 11.9 Å². The summed E-state index contributed by atoms with van der Waals surface area (Å²) in [5.41, 5.74) is 0.755. The molecule has 0 amide bonds. The van der Waals surface area contributed by atoms with Crippen LogP contribution in [0.5, 0.6) is 0 Å². The van der Waals surface area contributed by atoms with Crippen LogP contribution in [0.3, 0.4) is 0 Å². The lowest BCUT2D eigenvalue weighted by Crippen LogP contribution is -2.29. The largest absolute Gasteiger partial charge is 0.296 e. The summed E-state index contributed by atoms with van der Waals surface area (Å²) in [6.07, 6.45) is 4.84. The summed E-state index contributed by atoms with van der Waals surface area (Å²) in [6, 6.07) is 5.58. The summed E-state index contributed by atoms with van der Waals surface area (Å²) in [5, 5.41) is 1.51. The first-order valence-electron chi connectivity index (χ1n) is 6.44. The highest BCUT2D eigenvalue weighted by molar-refractivity contribution is 9.09. The molecule has 4 heteroatoms. The Labute approximate surface area is 121 Å². The highest BCUT2D eigenvalue weighted by atomic mass is 79.9. The molecule has 0 spiro atoms. The van der Waals surface area contributed by atoms with E-state index in [1.54, 1.807) is 12.1 Å². The summed E-state index contributed by atoms with van der Waals surface area (Å²) in [7, 11) is 0. The molecular formula is C14H18BrClFN. The molecule has 1 aliphatic heterocycles. The molecule has 1 saturated heterocycles. The van der Waals surface area contributed by atoms with Crippen LogP contribution in [-0.2, 0) is 6.54 Å². The van der Waals surface area contributed by atoms with Crippen LogP contribution in [-0.4, -0.2) is 22.8 Å². The summed E-state index contributed by atoms with van der Waals surface area (Å²) in [5.74, 6) is -0.186. The molecule has 18 heavy (non-hydrogen) atoms. The lowest BCUT2D eigenvalue weighted by Gasteiger charge is -2.24. The van der Waals surface area contributed by atoms with Gasteiger partial charge in [-0.1, -0.05) is 33.6 Å². The molecular weight excluding hydrogens is 317 g/mol. The Hall–Kier alpha value is -0.120. The quantitative estimate of drug-likeness (QED) is 0.710. The monoisotopic (exact) mass is 333 g/mol. The van der Waals surface area contributed by atoms with E-state index >= 15 is 0 Å². The van der Waals surface area contributed by atoms with Crippen LogP contribution in [0.4, 0.5) is 4.39 Å². The topological polar surface area (TPSA) is 3.24 Å². The van der Waals surface area contributed by atoms with Gasteiger partial charge in [0.2, 0.25) is 0 Å². The van der Waals surface area contributed by atoms with Gasteiger partial charge in [-0.05, 0) is 44.4 Å². The Kier molecular flexibility index (Phi) is 5.46. The highest BCUT2D eigenvalue weighted by Gasteiger charge is 2.24. The lowest BCUT2D eigenvalue weighted by atomic mass is 10.1. The Morgan fingerprint density at radius 1 is 1.44 bits per heavy atom. The molecule has 1 atom stereocenters. The van der Waals surface area contributed by atoms with Crippen molar-refractivity contribution in [3.05, 3.63) is 34.6 Å². The number of halogens is 3. The number of benzene rings is 1. The molecule has 1 aromatic rings. The van der Waals surface area contributed by atoms with Gasteiger partial charge in [-0.2, -0.15) is 0 Å². The SMILES string of the molecule is Fc1cc(Cl)ccc1CN1CCCC1CCCBr. The molecule has 1 aliphatic rings. The maximum atomic E-state index is 13.8. The van der Waals surface area contributed by atoms with Crippen LogP contribution in [0.25, 0.3) is 0 Å². The average Bonchev–Trinajstić information content (AvgIpc) is 2.77. The first-order chi connectivity index (χ1) is 8.70. The molecule has 1 unspecified atom stereocenters. The third-order valence-electron chi connectivity index (χ3n) is 3.56. The molecule has 1 heterocycles. The van der Waals surface area contributed by atoms with Gasteiger partial charge in [0.15, 0.2) is 0 Å².